The highest BCUT2D eigenvalue weighted by Gasteiger charge is 2.11. The summed E-state index contributed by atoms with van der Waals surface area (Å²) in [6.07, 6.45) is 4.08. The molecule has 2 aromatic heterocycles. The highest BCUT2D eigenvalue weighted by Crippen LogP contribution is 2.19. The minimum absolute atomic E-state index is 0.0810. The van der Waals surface area contributed by atoms with Gasteiger partial charge in [-0.2, -0.15) is 0 Å². The fourth-order valence-electron chi connectivity index (χ4n) is 1.57. The molecule has 2 rings (SSSR count). The quantitative estimate of drug-likeness (QED) is 0.736. The van der Waals surface area contributed by atoms with E-state index in [0.717, 1.165) is 16.5 Å². The topological polar surface area (TPSA) is 45.8 Å². The number of H-pyrrole nitrogens is 1. The molecular weight excluding hydrogens is 176 g/mol. The number of pyridine rings is 1. The number of carbonyl (C=O) groups is 1. The highest BCUT2D eigenvalue weighted by molar-refractivity contribution is 6.05. The molecule has 3 heteroatoms. The number of hydrogen-bond donors (Lipinski definition) is 1. The van der Waals surface area contributed by atoms with E-state index in [0.29, 0.717) is 12.1 Å². The van der Waals surface area contributed by atoms with Gasteiger partial charge in [-0.1, -0.05) is 6.92 Å². The van der Waals surface area contributed by atoms with Gasteiger partial charge in [0.1, 0.15) is 5.69 Å². The van der Waals surface area contributed by atoms with Gasteiger partial charge in [0, 0.05) is 24.2 Å². The average Bonchev–Trinajstić information content (AvgIpc) is 2.59. The van der Waals surface area contributed by atoms with Crippen molar-refractivity contribution in [1.82, 2.24) is 9.97 Å². The van der Waals surface area contributed by atoms with Crippen LogP contribution in [0.2, 0.25) is 0 Å². The van der Waals surface area contributed by atoms with E-state index in [1.165, 1.54) is 0 Å². The van der Waals surface area contributed by atoms with Crippen molar-refractivity contribution in [3.63, 3.8) is 0 Å². The lowest BCUT2D eigenvalue weighted by Gasteiger charge is -1.98. The van der Waals surface area contributed by atoms with E-state index < -0.39 is 0 Å². The predicted molar refractivity (Wildman–Crippen MR) is 55.5 cm³/mol. The Balaban J connectivity index is 2.71. The second-order valence-electron chi connectivity index (χ2n) is 3.33. The van der Waals surface area contributed by atoms with Gasteiger partial charge in [-0.3, -0.25) is 9.78 Å². The van der Waals surface area contributed by atoms with Gasteiger partial charge in [0.15, 0.2) is 5.78 Å². The second kappa shape index (κ2) is 3.25. The molecule has 0 saturated carbocycles. The fraction of sp³-hybridized carbons (Fsp3) is 0.273. The zero-order valence-electron chi connectivity index (χ0n) is 8.29. The van der Waals surface area contributed by atoms with Crippen molar-refractivity contribution in [2.45, 2.75) is 20.3 Å². The van der Waals surface area contributed by atoms with Gasteiger partial charge >= 0.3 is 0 Å². The van der Waals surface area contributed by atoms with Gasteiger partial charge in [-0.25, -0.2) is 0 Å². The van der Waals surface area contributed by atoms with Gasteiger partial charge in [0.25, 0.3) is 0 Å². The smallest absolute Gasteiger partial charge is 0.183 e. The number of fused-ring (bicyclic) bond motifs is 1. The molecule has 72 valence electrons. The first-order valence-electron chi connectivity index (χ1n) is 4.70. The Morgan fingerprint density at radius 2 is 2.36 bits per heavy atom. The third-order valence-corrected chi connectivity index (χ3v) is 2.39. The van der Waals surface area contributed by atoms with Crippen LogP contribution in [-0.2, 0) is 0 Å². The van der Waals surface area contributed by atoms with Crippen LogP contribution in [0.5, 0.6) is 0 Å². The minimum Gasteiger partial charge on any atom is -0.359 e. The van der Waals surface area contributed by atoms with E-state index >= 15 is 0 Å². The summed E-state index contributed by atoms with van der Waals surface area (Å²) in [4.78, 5) is 18.8. The molecule has 0 fully saturated rings. The van der Waals surface area contributed by atoms with E-state index in [2.05, 4.69) is 9.97 Å². The Morgan fingerprint density at radius 1 is 1.57 bits per heavy atom. The summed E-state index contributed by atoms with van der Waals surface area (Å²) < 4.78 is 0. The Labute approximate surface area is 82.2 Å². The number of nitrogens with zero attached hydrogens (tertiary/aromatic N) is 1. The molecule has 2 aromatic rings. The molecule has 0 aliphatic heterocycles. The van der Waals surface area contributed by atoms with Crippen molar-refractivity contribution in [1.29, 1.82) is 0 Å². The Morgan fingerprint density at radius 3 is 3.07 bits per heavy atom. The third kappa shape index (κ3) is 1.21. The van der Waals surface area contributed by atoms with Gasteiger partial charge < -0.3 is 4.98 Å². The lowest BCUT2D eigenvalue weighted by molar-refractivity contribution is 0.0985. The molecular formula is C11H12N2O. The summed E-state index contributed by atoms with van der Waals surface area (Å²) in [5, 5.41) is 1.08. The van der Waals surface area contributed by atoms with Gasteiger partial charge in [0.05, 0.1) is 5.52 Å². The zero-order valence-corrected chi connectivity index (χ0v) is 8.29. The first kappa shape index (κ1) is 8.94. The third-order valence-electron chi connectivity index (χ3n) is 2.39. The van der Waals surface area contributed by atoms with Crippen molar-refractivity contribution < 1.29 is 4.79 Å². The predicted octanol–water partition coefficient (Wildman–Crippen LogP) is 2.46. The summed E-state index contributed by atoms with van der Waals surface area (Å²) >= 11 is 0. The molecule has 14 heavy (non-hydrogen) atoms. The molecule has 2 heterocycles. The first-order chi connectivity index (χ1) is 6.74. The van der Waals surface area contributed by atoms with Crippen molar-refractivity contribution in [3.8, 4) is 0 Å². The lowest BCUT2D eigenvalue weighted by atomic mass is 10.1. The number of hydrogen-bond acceptors (Lipinski definition) is 2. The summed E-state index contributed by atoms with van der Waals surface area (Å²) in [7, 11) is 0. The van der Waals surface area contributed by atoms with E-state index in [-0.39, 0.29) is 5.78 Å². The normalized spacial score (nSPS) is 10.7. The Kier molecular flexibility index (Phi) is 2.08. The van der Waals surface area contributed by atoms with Crippen LogP contribution in [0, 0.1) is 6.92 Å². The van der Waals surface area contributed by atoms with Gasteiger partial charge in [-0.15, -0.1) is 0 Å². The van der Waals surface area contributed by atoms with E-state index in [4.69, 9.17) is 0 Å². The Hall–Kier alpha value is -1.64. The number of aromatic nitrogens is 2. The molecule has 0 aromatic carbocycles. The van der Waals surface area contributed by atoms with E-state index in [1.54, 1.807) is 6.20 Å². The maximum atomic E-state index is 11.6. The fourth-order valence-corrected chi connectivity index (χ4v) is 1.57. The van der Waals surface area contributed by atoms with Crippen LogP contribution in [0.3, 0.4) is 0 Å². The van der Waals surface area contributed by atoms with Crippen LogP contribution >= 0.6 is 0 Å². The number of nitrogens with one attached hydrogen (secondary N) is 1. The standard InChI is InChI=1S/C11H12N2O/c1-3-9(14)11-10-8(4-5-12-11)7(2)6-13-10/h4-6,13H,3H2,1-2H3. The number of aryl methyl sites for hydroxylation is 1. The van der Waals surface area contributed by atoms with Crippen LogP contribution in [0.1, 0.15) is 29.4 Å². The lowest BCUT2D eigenvalue weighted by Crippen LogP contribution is -2.00. The molecule has 3 nitrogen and oxygen atoms in total. The van der Waals surface area contributed by atoms with Crippen LogP contribution in [0.15, 0.2) is 18.5 Å². The average molecular weight is 188 g/mol. The number of ketones is 1. The zero-order chi connectivity index (χ0) is 10.1. The van der Waals surface area contributed by atoms with Crippen molar-refractivity contribution in [3.05, 3.63) is 29.7 Å². The molecule has 0 unspecified atom stereocenters. The van der Waals surface area contributed by atoms with Crippen LogP contribution in [0.4, 0.5) is 0 Å². The molecule has 0 bridgehead atoms. The highest BCUT2D eigenvalue weighted by atomic mass is 16.1. The molecule has 0 aliphatic rings. The monoisotopic (exact) mass is 188 g/mol. The maximum Gasteiger partial charge on any atom is 0.183 e. The van der Waals surface area contributed by atoms with Crippen molar-refractivity contribution in [2.75, 3.05) is 0 Å². The summed E-state index contributed by atoms with van der Waals surface area (Å²) in [6, 6.07) is 1.92. The molecule has 0 atom stereocenters. The van der Waals surface area contributed by atoms with Crippen LogP contribution < -0.4 is 0 Å². The minimum atomic E-state index is 0.0810. The van der Waals surface area contributed by atoms with Gasteiger partial charge in [-0.05, 0) is 18.6 Å². The number of rotatable bonds is 2. The molecule has 1 N–H and O–H groups in total. The number of aromatic amines is 1. The molecule has 0 radical (unpaired) electrons. The largest absolute Gasteiger partial charge is 0.359 e. The molecule has 0 saturated heterocycles. The molecule has 0 amide bonds. The summed E-state index contributed by atoms with van der Waals surface area (Å²) in [5.74, 6) is 0.0810. The van der Waals surface area contributed by atoms with Crippen molar-refractivity contribution >= 4 is 16.7 Å². The second-order valence-corrected chi connectivity index (χ2v) is 3.33. The molecule has 0 aliphatic carbocycles. The maximum absolute atomic E-state index is 11.6. The van der Waals surface area contributed by atoms with E-state index in [9.17, 15) is 4.79 Å². The number of carbonyl (C=O) groups excluding carboxylic acids is 1. The Bertz CT molecular complexity index is 485. The summed E-state index contributed by atoms with van der Waals surface area (Å²) in [5.41, 5.74) is 2.56. The van der Waals surface area contributed by atoms with Crippen molar-refractivity contribution in [2.24, 2.45) is 0 Å². The van der Waals surface area contributed by atoms with E-state index in [1.807, 2.05) is 26.1 Å². The SMILES string of the molecule is CCC(=O)c1nccc2c(C)c[nH]c12. The number of Topliss-reactive ketones (excluding diaryl/α,β-unsaturated/α-hetero) is 1. The first-order valence-corrected chi connectivity index (χ1v) is 4.70. The molecule has 0 spiro atoms. The van der Waals surface area contributed by atoms with Crippen LogP contribution in [-0.4, -0.2) is 15.8 Å². The summed E-state index contributed by atoms with van der Waals surface area (Å²) in [6.45, 7) is 3.86. The van der Waals surface area contributed by atoms with Crippen LogP contribution in [0.25, 0.3) is 10.9 Å². The van der Waals surface area contributed by atoms with Gasteiger partial charge in [0.2, 0.25) is 0 Å².